The van der Waals surface area contributed by atoms with Crippen LogP contribution < -0.4 is 16.2 Å². The highest BCUT2D eigenvalue weighted by Gasteiger charge is 2.17. The summed E-state index contributed by atoms with van der Waals surface area (Å²) in [6, 6.07) is 3.17. The van der Waals surface area contributed by atoms with Gasteiger partial charge >= 0.3 is 0 Å². The van der Waals surface area contributed by atoms with E-state index >= 15 is 0 Å². The molecule has 0 amide bonds. The van der Waals surface area contributed by atoms with Crippen molar-refractivity contribution >= 4 is 21.4 Å². The third-order valence-corrected chi connectivity index (χ3v) is 5.07. The lowest BCUT2D eigenvalue weighted by atomic mass is 10.0. The summed E-state index contributed by atoms with van der Waals surface area (Å²) < 4.78 is 23.1. The highest BCUT2D eigenvalue weighted by atomic mass is 32.2. The number of hydrogen-bond acceptors (Lipinski definition) is 4. The molecule has 112 valence electrons. The number of rotatable bonds is 5. The van der Waals surface area contributed by atoms with Crippen LogP contribution in [-0.2, 0) is 10.0 Å². The normalized spacial score (nSPS) is 16.5. The Hall–Kier alpha value is -1.27. The van der Waals surface area contributed by atoms with Crippen LogP contribution >= 0.6 is 0 Å². The topological polar surface area (TPSA) is 98.2 Å². The molecule has 20 heavy (non-hydrogen) atoms. The SMILES string of the molecule is Cc1c(NCCC2CCCC2)cc(N)cc1S(N)(=O)=O. The van der Waals surface area contributed by atoms with E-state index in [4.69, 9.17) is 10.9 Å². The Bertz CT molecular complexity index is 578. The Morgan fingerprint density at radius 2 is 1.95 bits per heavy atom. The van der Waals surface area contributed by atoms with E-state index in [1.807, 2.05) is 0 Å². The van der Waals surface area contributed by atoms with E-state index in [-0.39, 0.29) is 4.90 Å². The molecule has 0 spiro atoms. The smallest absolute Gasteiger partial charge is 0.238 e. The van der Waals surface area contributed by atoms with E-state index in [0.29, 0.717) is 11.3 Å². The van der Waals surface area contributed by atoms with Crippen LogP contribution in [-0.4, -0.2) is 15.0 Å². The molecule has 0 heterocycles. The van der Waals surface area contributed by atoms with Crippen molar-refractivity contribution < 1.29 is 8.42 Å². The first kappa shape index (κ1) is 15.1. The Morgan fingerprint density at radius 1 is 1.30 bits per heavy atom. The number of nitrogens with two attached hydrogens (primary N) is 2. The van der Waals surface area contributed by atoms with Gasteiger partial charge in [-0.25, -0.2) is 13.6 Å². The number of hydrogen-bond donors (Lipinski definition) is 3. The van der Waals surface area contributed by atoms with Crippen molar-refractivity contribution in [1.82, 2.24) is 0 Å². The summed E-state index contributed by atoms with van der Waals surface area (Å²) in [5, 5.41) is 8.51. The highest BCUT2D eigenvalue weighted by Crippen LogP contribution is 2.29. The molecule has 0 aliphatic heterocycles. The van der Waals surface area contributed by atoms with Crippen LogP contribution in [0.5, 0.6) is 0 Å². The quantitative estimate of drug-likeness (QED) is 0.726. The van der Waals surface area contributed by atoms with Gasteiger partial charge < -0.3 is 11.1 Å². The fourth-order valence-corrected chi connectivity index (χ4v) is 3.74. The summed E-state index contributed by atoms with van der Waals surface area (Å²) in [6.07, 6.45) is 6.38. The van der Waals surface area contributed by atoms with Crippen molar-refractivity contribution in [3.8, 4) is 0 Å². The number of benzene rings is 1. The molecular weight excluding hydrogens is 274 g/mol. The summed E-state index contributed by atoms with van der Waals surface area (Å²) in [6.45, 7) is 2.58. The van der Waals surface area contributed by atoms with Crippen LogP contribution in [0, 0.1) is 12.8 Å². The molecule has 0 aromatic heterocycles. The molecule has 6 heteroatoms. The molecule has 0 atom stereocenters. The van der Waals surface area contributed by atoms with Gasteiger partial charge in [-0.2, -0.15) is 0 Å². The van der Waals surface area contributed by atoms with Gasteiger partial charge in [0.1, 0.15) is 0 Å². The average Bonchev–Trinajstić information content (AvgIpc) is 2.84. The van der Waals surface area contributed by atoms with Gasteiger partial charge in [-0.3, -0.25) is 0 Å². The zero-order valence-corrected chi connectivity index (χ0v) is 12.7. The van der Waals surface area contributed by atoms with Crippen LogP contribution in [0.1, 0.15) is 37.7 Å². The second-order valence-electron chi connectivity index (χ2n) is 5.60. The summed E-state index contributed by atoms with van der Waals surface area (Å²) >= 11 is 0. The van der Waals surface area contributed by atoms with E-state index in [9.17, 15) is 8.42 Å². The Morgan fingerprint density at radius 3 is 2.55 bits per heavy atom. The summed E-state index contributed by atoms with van der Waals surface area (Å²) in [5.74, 6) is 0.793. The first-order chi connectivity index (χ1) is 9.38. The third-order valence-electron chi connectivity index (χ3n) is 4.03. The van der Waals surface area contributed by atoms with Crippen LogP contribution in [0.3, 0.4) is 0 Å². The van der Waals surface area contributed by atoms with Crippen LogP contribution in [0.15, 0.2) is 17.0 Å². The van der Waals surface area contributed by atoms with Gasteiger partial charge in [0, 0.05) is 17.9 Å². The fraction of sp³-hybridized carbons (Fsp3) is 0.571. The molecule has 1 aliphatic rings. The molecule has 0 unspecified atom stereocenters. The summed E-state index contributed by atoms with van der Waals surface area (Å²) in [7, 11) is -3.74. The van der Waals surface area contributed by atoms with Gasteiger partial charge in [0.15, 0.2) is 0 Å². The Labute approximate surface area is 120 Å². The zero-order valence-electron chi connectivity index (χ0n) is 11.9. The molecule has 5 N–H and O–H groups in total. The minimum atomic E-state index is -3.74. The highest BCUT2D eigenvalue weighted by molar-refractivity contribution is 7.89. The van der Waals surface area contributed by atoms with Gasteiger partial charge in [0.05, 0.1) is 4.90 Å². The molecule has 2 rings (SSSR count). The molecule has 1 aromatic carbocycles. The minimum Gasteiger partial charge on any atom is -0.399 e. The van der Waals surface area contributed by atoms with Gasteiger partial charge in [-0.15, -0.1) is 0 Å². The maximum Gasteiger partial charge on any atom is 0.238 e. The summed E-state index contributed by atoms with van der Waals surface area (Å²) in [5.41, 5.74) is 7.55. The predicted octanol–water partition coefficient (Wildman–Crippen LogP) is 2.22. The van der Waals surface area contributed by atoms with Gasteiger partial charge in [-0.1, -0.05) is 25.7 Å². The Kier molecular flexibility index (Phi) is 4.55. The van der Waals surface area contributed by atoms with Crippen molar-refractivity contribution in [3.63, 3.8) is 0 Å². The van der Waals surface area contributed by atoms with Crippen molar-refractivity contribution in [3.05, 3.63) is 17.7 Å². The molecule has 0 bridgehead atoms. The monoisotopic (exact) mass is 297 g/mol. The molecule has 1 aliphatic carbocycles. The number of sulfonamides is 1. The number of nitrogen functional groups attached to an aromatic ring is 1. The first-order valence-corrected chi connectivity index (χ1v) is 8.59. The molecule has 0 saturated heterocycles. The molecular formula is C14H23N3O2S. The van der Waals surface area contributed by atoms with Crippen molar-refractivity contribution in [2.45, 2.75) is 43.9 Å². The van der Waals surface area contributed by atoms with Gasteiger partial charge in [0.2, 0.25) is 10.0 Å². The second kappa shape index (κ2) is 6.01. The predicted molar refractivity (Wildman–Crippen MR) is 82.0 cm³/mol. The fourth-order valence-electron chi connectivity index (χ4n) is 2.90. The van der Waals surface area contributed by atoms with E-state index in [2.05, 4.69) is 5.32 Å². The third kappa shape index (κ3) is 3.64. The largest absolute Gasteiger partial charge is 0.399 e. The number of primary sulfonamides is 1. The maximum absolute atomic E-state index is 11.5. The molecule has 1 aromatic rings. The van der Waals surface area contributed by atoms with E-state index in [0.717, 1.165) is 24.6 Å². The first-order valence-electron chi connectivity index (χ1n) is 7.04. The van der Waals surface area contributed by atoms with E-state index in [1.54, 1.807) is 13.0 Å². The van der Waals surface area contributed by atoms with Crippen LogP contribution in [0.25, 0.3) is 0 Å². The lowest BCUT2D eigenvalue weighted by Gasteiger charge is -2.15. The lowest BCUT2D eigenvalue weighted by molar-refractivity contribution is 0.518. The molecule has 0 radical (unpaired) electrons. The number of anilines is 2. The molecule has 1 saturated carbocycles. The second-order valence-corrected chi connectivity index (χ2v) is 7.13. The standard InChI is InChI=1S/C14H23N3O2S/c1-10-13(17-7-6-11-4-2-3-5-11)8-12(15)9-14(10)20(16,18)19/h8-9,11,17H,2-7,15H2,1H3,(H2,16,18,19). The number of nitrogens with one attached hydrogen (secondary N) is 1. The summed E-state index contributed by atoms with van der Waals surface area (Å²) in [4.78, 5) is 0.0980. The van der Waals surface area contributed by atoms with Crippen LogP contribution in [0.4, 0.5) is 11.4 Å². The lowest BCUT2D eigenvalue weighted by Crippen LogP contribution is -2.16. The molecule has 5 nitrogen and oxygen atoms in total. The zero-order chi connectivity index (χ0) is 14.8. The van der Waals surface area contributed by atoms with Crippen molar-refractivity contribution in [2.24, 2.45) is 11.1 Å². The van der Waals surface area contributed by atoms with E-state index < -0.39 is 10.0 Å². The molecule has 1 fully saturated rings. The maximum atomic E-state index is 11.5. The van der Waals surface area contributed by atoms with Crippen molar-refractivity contribution in [1.29, 1.82) is 0 Å². The minimum absolute atomic E-state index is 0.0980. The van der Waals surface area contributed by atoms with Gasteiger partial charge in [0.25, 0.3) is 0 Å². The average molecular weight is 297 g/mol. The van der Waals surface area contributed by atoms with Crippen LogP contribution in [0.2, 0.25) is 0 Å². The Balaban J connectivity index is 2.09. The van der Waals surface area contributed by atoms with Gasteiger partial charge in [-0.05, 0) is 37.0 Å². The van der Waals surface area contributed by atoms with E-state index in [1.165, 1.54) is 31.7 Å². The van der Waals surface area contributed by atoms with Crippen molar-refractivity contribution in [2.75, 3.05) is 17.6 Å².